The summed E-state index contributed by atoms with van der Waals surface area (Å²) in [5, 5.41) is 12.5. The normalized spacial score (nSPS) is 14.7. The maximum atomic E-state index is 11.9. The molecule has 0 spiro atoms. The highest BCUT2D eigenvalue weighted by Gasteiger charge is 2.29. The molecule has 4 nitrogen and oxygen atoms in total. The van der Waals surface area contributed by atoms with E-state index in [1.807, 2.05) is 24.0 Å². The Bertz CT molecular complexity index is 461. The van der Waals surface area contributed by atoms with E-state index in [4.69, 9.17) is 16.7 Å². The molecular weight excluding hydrogens is 264 g/mol. The van der Waals surface area contributed by atoms with Crippen LogP contribution < -0.4 is 5.32 Å². The van der Waals surface area contributed by atoms with Gasteiger partial charge in [0.25, 0.3) is 0 Å². The van der Waals surface area contributed by atoms with Crippen molar-refractivity contribution in [3.05, 3.63) is 28.8 Å². The van der Waals surface area contributed by atoms with E-state index in [0.717, 1.165) is 18.4 Å². The molecule has 2 rings (SSSR count). The number of nitrogens with zero attached hydrogens (tertiary/aromatic N) is 1. The van der Waals surface area contributed by atoms with E-state index < -0.39 is 0 Å². The van der Waals surface area contributed by atoms with Crippen LogP contribution in [0.5, 0.6) is 0 Å². The zero-order valence-corrected chi connectivity index (χ0v) is 11.8. The zero-order chi connectivity index (χ0) is 13.8. The first-order valence-corrected chi connectivity index (χ1v) is 6.89. The number of amides is 1. The van der Waals surface area contributed by atoms with Gasteiger partial charge in [0.2, 0.25) is 5.91 Å². The third-order valence-electron chi connectivity index (χ3n) is 3.25. The van der Waals surface area contributed by atoms with Crippen LogP contribution >= 0.6 is 11.6 Å². The van der Waals surface area contributed by atoms with Crippen LogP contribution in [0.1, 0.15) is 18.4 Å². The van der Waals surface area contributed by atoms with Gasteiger partial charge in [-0.15, -0.1) is 0 Å². The topological polar surface area (TPSA) is 52.6 Å². The van der Waals surface area contributed by atoms with E-state index in [0.29, 0.717) is 29.8 Å². The first-order chi connectivity index (χ1) is 9.10. The quantitative estimate of drug-likeness (QED) is 0.840. The number of nitrogens with one attached hydrogen (secondary N) is 1. The summed E-state index contributed by atoms with van der Waals surface area (Å²) in [6.45, 7) is 2.87. The van der Waals surface area contributed by atoms with Crippen LogP contribution in [0.15, 0.2) is 18.2 Å². The molecule has 1 saturated carbocycles. The van der Waals surface area contributed by atoms with Crippen LogP contribution in [0.4, 0.5) is 5.69 Å². The predicted octanol–water partition coefficient (Wildman–Crippen LogP) is 2.04. The summed E-state index contributed by atoms with van der Waals surface area (Å²) in [6, 6.07) is 5.93. The summed E-state index contributed by atoms with van der Waals surface area (Å²) in [6.07, 6.45) is 2.23. The van der Waals surface area contributed by atoms with Gasteiger partial charge in [-0.1, -0.05) is 17.7 Å². The lowest BCUT2D eigenvalue weighted by Gasteiger charge is -2.20. The molecule has 1 aromatic rings. The number of carbonyl (C=O) groups excluding carboxylic acids is 1. The summed E-state index contributed by atoms with van der Waals surface area (Å²) in [4.78, 5) is 14.0. The highest BCUT2D eigenvalue weighted by molar-refractivity contribution is 6.31. The van der Waals surface area contributed by atoms with E-state index in [-0.39, 0.29) is 12.5 Å². The number of hydrogen-bond acceptors (Lipinski definition) is 3. The van der Waals surface area contributed by atoms with Crippen molar-refractivity contribution in [2.24, 2.45) is 0 Å². The molecule has 1 aliphatic carbocycles. The third-order valence-corrected chi connectivity index (χ3v) is 3.66. The Hall–Kier alpha value is -1.10. The largest absolute Gasteiger partial charge is 0.395 e. The van der Waals surface area contributed by atoms with Gasteiger partial charge in [-0.05, 0) is 37.5 Å². The standard InChI is InChI=1S/C14H19ClN2O2/c1-10-2-3-11(8-13(10)15)16-14(19)9-17(6-7-18)12-4-5-12/h2-3,8,12,18H,4-7,9H2,1H3,(H,16,19). The van der Waals surface area contributed by atoms with Crippen LogP contribution in [-0.2, 0) is 4.79 Å². The maximum absolute atomic E-state index is 11.9. The summed E-state index contributed by atoms with van der Waals surface area (Å²) in [7, 11) is 0. The molecule has 1 amide bonds. The number of halogens is 1. The molecular formula is C14H19ClN2O2. The fraction of sp³-hybridized carbons (Fsp3) is 0.500. The molecule has 0 bridgehead atoms. The number of aryl methyl sites for hydroxylation is 1. The molecule has 19 heavy (non-hydrogen) atoms. The Balaban J connectivity index is 1.90. The number of benzene rings is 1. The number of carbonyl (C=O) groups is 1. The summed E-state index contributed by atoms with van der Waals surface area (Å²) in [5.74, 6) is -0.0692. The fourth-order valence-corrected chi connectivity index (χ4v) is 2.19. The lowest BCUT2D eigenvalue weighted by molar-refractivity contribution is -0.117. The second kappa shape index (κ2) is 6.37. The van der Waals surface area contributed by atoms with Crippen molar-refractivity contribution in [3.8, 4) is 0 Å². The second-order valence-electron chi connectivity index (χ2n) is 4.94. The fourth-order valence-electron chi connectivity index (χ4n) is 2.01. The van der Waals surface area contributed by atoms with Gasteiger partial charge in [-0.3, -0.25) is 9.69 Å². The zero-order valence-electron chi connectivity index (χ0n) is 11.0. The van der Waals surface area contributed by atoms with Crippen molar-refractivity contribution in [2.45, 2.75) is 25.8 Å². The molecule has 1 fully saturated rings. The molecule has 104 valence electrons. The van der Waals surface area contributed by atoms with E-state index in [2.05, 4.69) is 5.32 Å². The molecule has 0 aliphatic heterocycles. The summed E-state index contributed by atoms with van der Waals surface area (Å²) < 4.78 is 0. The predicted molar refractivity (Wildman–Crippen MR) is 76.5 cm³/mol. The molecule has 1 aromatic carbocycles. The van der Waals surface area contributed by atoms with Crippen molar-refractivity contribution < 1.29 is 9.90 Å². The monoisotopic (exact) mass is 282 g/mol. The van der Waals surface area contributed by atoms with Crippen molar-refractivity contribution in [3.63, 3.8) is 0 Å². The highest BCUT2D eigenvalue weighted by Crippen LogP contribution is 2.26. The summed E-state index contributed by atoms with van der Waals surface area (Å²) >= 11 is 6.02. The van der Waals surface area contributed by atoms with Gasteiger partial charge in [0.05, 0.1) is 13.2 Å². The lowest BCUT2D eigenvalue weighted by atomic mass is 10.2. The number of rotatable bonds is 6. The Morgan fingerprint density at radius 2 is 2.26 bits per heavy atom. The highest BCUT2D eigenvalue weighted by atomic mass is 35.5. The Morgan fingerprint density at radius 1 is 1.53 bits per heavy atom. The Kier molecular flexibility index (Phi) is 4.80. The van der Waals surface area contributed by atoms with Gasteiger partial charge in [-0.2, -0.15) is 0 Å². The number of aliphatic hydroxyl groups is 1. The molecule has 5 heteroatoms. The average molecular weight is 283 g/mol. The van der Waals surface area contributed by atoms with E-state index in [9.17, 15) is 4.79 Å². The second-order valence-corrected chi connectivity index (χ2v) is 5.34. The van der Waals surface area contributed by atoms with Crippen LogP contribution in [0.3, 0.4) is 0 Å². The number of aliphatic hydroxyl groups excluding tert-OH is 1. The van der Waals surface area contributed by atoms with Gasteiger partial charge in [0, 0.05) is 23.3 Å². The van der Waals surface area contributed by atoms with Crippen molar-refractivity contribution in [2.75, 3.05) is 25.0 Å². The first-order valence-electron chi connectivity index (χ1n) is 6.51. The molecule has 1 aliphatic rings. The van der Waals surface area contributed by atoms with Gasteiger partial charge in [0.15, 0.2) is 0 Å². The molecule has 0 atom stereocenters. The van der Waals surface area contributed by atoms with Crippen molar-refractivity contribution >= 4 is 23.2 Å². The minimum Gasteiger partial charge on any atom is -0.395 e. The average Bonchev–Trinajstić information content (AvgIpc) is 3.17. The number of hydrogen-bond donors (Lipinski definition) is 2. The van der Waals surface area contributed by atoms with E-state index >= 15 is 0 Å². The Labute approximate surface area is 118 Å². The smallest absolute Gasteiger partial charge is 0.238 e. The third kappa shape index (κ3) is 4.20. The molecule has 0 aromatic heterocycles. The van der Waals surface area contributed by atoms with Gasteiger partial charge in [0.1, 0.15) is 0 Å². The van der Waals surface area contributed by atoms with Gasteiger partial charge in [-0.25, -0.2) is 0 Å². The first kappa shape index (κ1) is 14.3. The van der Waals surface area contributed by atoms with Crippen molar-refractivity contribution in [1.82, 2.24) is 4.90 Å². The van der Waals surface area contributed by atoms with Crippen molar-refractivity contribution in [1.29, 1.82) is 0 Å². The van der Waals surface area contributed by atoms with Gasteiger partial charge < -0.3 is 10.4 Å². The lowest BCUT2D eigenvalue weighted by Crippen LogP contribution is -2.36. The maximum Gasteiger partial charge on any atom is 0.238 e. The van der Waals surface area contributed by atoms with E-state index in [1.165, 1.54) is 0 Å². The molecule has 0 unspecified atom stereocenters. The van der Waals surface area contributed by atoms with E-state index in [1.54, 1.807) is 6.07 Å². The molecule has 0 saturated heterocycles. The van der Waals surface area contributed by atoms with Crippen LogP contribution in [0, 0.1) is 6.92 Å². The van der Waals surface area contributed by atoms with Crippen LogP contribution in [-0.4, -0.2) is 41.7 Å². The van der Waals surface area contributed by atoms with Crippen LogP contribution in [0.2, 0.25) is 5.02 Å². The Morgan fingerprint density at radius 3 is 2.84 bits per heavy atom. The minimum absolute atomic E-state index is 0.0692. The van der Waals surface area contributed by atoms with Crippen LogP contribution in [0.25, 0.3) is 0 Å². The molecule has 2 N–H and O–H groups in total. The van der Waals surface area contributed by atoms with Gasteiger partial charge >= 0.3 is 0 Å². The summed E-state index contributed by atoms with van der Waals surface area (Å²) in [5.41, 5.74) is 1.69. The SMILES string of the molecule is Cc1ccc(NC(=O)CN(CCO)C2CC2)cc1Cl. The minimum atomic E-state index is -0.0692. The molecule has 0 heterocycles. The number of anilines is 1. The molecule has 0 radical (unpaired) electrons.